The van der Waals surface area contributed by atoms with Crippen molar-refractivity contribution in [3.05, 3.63) is 71.4 Å². The summed E-state index contributed by atoms with van der Waals surface area (Å²) in [5.74, 6) is -0.108. The number of carbonyl (C=O) groups is 1. The topological polar surface area (TPSA) is 60.1 Å². The average molecular weight is 363 g/mol. The third kappa shape index (κ3) is 3.42. The molecule has 27 heavy (non-hydrogen) atoms. The maximum Gasteiger partial charge on any atom is 0.255 e. The van der Waals surface area contributed by atoms with Crippen molar-refractivity contribution >= 4 is 5.91 Å². The lowest BCUT2D eigenvalue weighted by Gasteiger charge is -2.24. The number of fused-ring (bicyclic) bond motifs is 1. The van der Waals surface area contributed by atoms with E-state index in [1.54, 1.807) is 6.07 Å². The number of carbonyl (C=O) groups excluding carboxylic acids is 1. The molecule has 5 nitrogen and oxygen atoms in total. The van der Waals surface area contributed by atoms with Gasteiger partial charge >= 0.3 is 0 Å². The molecular formula is C22H25N3O2. The van der Waals surface area contributed by atoms with E-state index in [9.17, 15) is 4.79 Å². The molecule has 1 aliphatic rings. The van der Waals surface area contributed by atoms with E-state index < -0.39 is 0 Å². The fraction of sp³-hybridized carbons (Fsp3) is 0.364. The second kappa shape index (κ2) is 6.72. The lowest BCUT2D eigenvalue weighted by molar-refractivity contribution is 0.0932. The van der Waals surface area contributed by atoms with Crippen LogP contribution in [0.5, 0.6) is 0 Å². The number of hydrogen-bond acceptors (Lipinski definition) is 3. The quantitative estimate of drug-likeness (QED) is 0.741. The van der Waals surface area contributed by atoms with Gasteiger partial charge in [-0.15, -0.1) is 0 Å². The first-order valence-corrected chi connectivity index (χ1v) is 9.44. The molecule has 0 aliphatic heterocycles. The van der Waals surface area contributed by atoms with Crippen LogP contribution < -0.4 is 5.32 Å². The molecule has 0 spiro atoms. The van der Waals surface area contributed by atoms with E-state index >= 15 is 0 Å². The van der Waals surface area contributed by atoms with E-state index in [2.05, 4.69) is 55.5 Å². The van der Waals surface area contributed by atoms with Gasteiger partial charge in [-0.05, 0) is 48.4 Å². The van der Waals surface area contributed by atoms with Gasteiger partial charge in [-0.2, -0.15) is 5.10 Å². The number of furan rings is 1. The molecular weight excluding hydrogens is 338 g/mol. The second-order valence-corrected chi connectivity index (χ2v) is 8.19. The van der Waals surface area contributed by atoms with E-state index in [4.69, 9.17) is 4.42 Å². The van der Waals surface area contributed by atoms with Crippen molar-refractivity contribution in [3.63, 3.8) is 0 Å². The lowest BCUT2D eigenvalue weighted by atomic mass is 9.87. The monoisotopic (exact) mass is 363 g/mol. The summed E-state index contributed by atoms with van der Waals surface area (Å²) in [6, 6.07) is 10.3. The van der Waals surface area contributed by atoms with Crippen LogP contribution in [0.25, 0.3) is 5.69 Å². The summed E-state index contributed by atoms with van der Waals surface area (Å²) in [6.45, 7) is 6.64. The SMILES string of the molecule is CC(C)(C)c1ccc(-n2ncc3c2CCCC3NC(=O)c2ccoc2)cc1. The summed E-state index contributed by atoms with van der Waals surface area (Å²) < 4.78 is 7.02. The molecule has 0 bridgehead atoms. The van der Waals surface area contributed by atoms with Crippen LogP contribution in [0.15, 0.2) is 53.5 Å². The highest BCUT2D eigenvalue weighted by Crippen LogP contribution is 2.32. The Morgan fingerprint density at radius 3 is 2.67 bits per heavy atom. The highest BCUT2D eigenvalue weighted by atomic mass is 16.3. The first-order valence-electron chi connectivity index (χ1n) is 9.44. The molecule has 5 heteroatoms. The van der Waals surface area contributed by atoms with Gasteiger partial charge in [0.05, 0.1) is 29.8 Å². The molecule has 140 valence electrons. The molecule has 0 fully saturated rings. The van der Waals surface area contributed by atoms with E-state index in [-0.39, 0.29) is 17.4 Å². The minimum Gasteiger partial charge on any atom is -0.472 e. The van der Waals surface area contributed by atoms with E-state index in [0.717, 1.165) is 30.5 Å². The van der Waals surface area contributed by atoms with Gasteiger partial charge in [-0.25, -0.2) is 4.68 Å². The van der Waals surface area contributed by atoms with Gasteiger partial charge in [0.25, 0.3) is 5.91 Å². The van der Waals surface area contributed by atoms with E-state index in [1.807, 2.05) is 10.9 Å². The molecule has 3 aromatic rings. The number of rotatable bonds is 3. The van der Waals surface area contributed by atoms with Gasteiger partial charge in [-0.3, -0.25) is 4.79 Å². The summed E-state index contributed by atoms with van der Waals surface area (Å²) in [5, 5.41) is 7.75. The Morgan fingerprint density at radius 1 is 1.22 bits per heavy atom. The predicted octanol–water partition coefficient (Wildman–Crippen LogP) is 4.57. The molecule has 1 amide bonds. The summed E-state index contributed by atoms with van der Waals surface area (Å²) in [7, 11) is 0. The zero-order valence-electron chi connectivity index (χ0n) is 16.0. The van der Waals surface area contributed by atoms with Crippen molar-refractivity contribution in [2.75, 3.05) is 0 Å². The number of nitrogens with one attached hydrogen (secondary N) is 1. The Balaban J connectivity index is 1.59. The Morgan fingerprint density at radius 2 is 2.00 bits per heavy atom. The van der Waals surface area contributed by atoms with Crippen LogP contribution in [0.2, 0.25) is 0 Å². The van der Waals surface area contributed by atoms with Crippen molar-refractivity contribution in [1.82, 2.24) is 15.1 Å². The minimum atomic E-state index is -0.108. The molecule has 4 rings (SSSR count). The second-order valence-electron chi connectivity index (χ2n) is 8.19. The normalized spacial score (nSPS) is 16.8. The maximum atomic E-state index is 12.4. The molecule has 1 aromatic carbocycles. The Bertz CT molecular complexity index is 931. The van der Waals surface area contributed by atoms with Crippen LogP contribution in [0, 0.1) is 0 Å². The Kier molecular flexibility index (Phi) is 4.38. The van der Waals surface area contributed by atoms with Crippen LogP contribution in [0.1, 0.15) is 66.8 Å². The average Bonchev–Trinajstić information content (AvgIpc) is 3.31. The van der Waals surface area contributed by atoms with Crippen molar-refractivity contribution in [1.29, 1.82) is 0 Å². The summed E-state index contributed by atoms with van der Waals surface area (Å²) in [6.07, 6.45) is 7.79. The van der Waals surface area contributed by atoms with Crippen LogP contribution in [0.3, 0.4) is 0 Å². The molecule has 2 heterocycles. The number of hydrogen-bond donors (Lipinski definition) is 1. The van der Waals surface area contributed by atoms with E-state index in [1.165, 1.54) is 23.8 Å². The summed E-state index contributed by atoms with van der Waals surface area (Å²) >= 11 is 0. The first kappa shape index (κ1) is 17.6. The lowest BCUT2D eigenvalue weighted by Crippen LogP contribution is -2.30. The Hall–Kier alpha value is -2.82. The van der Waals surface area contributed by atoms with Gasteiger partial charge in [-0.1, -0.05) is 32.9 Å². The number of benzene rings is 1. The fourth-order valence-electron chi connectivity index (χ4n) is 3.67. The third-order valence-corrected chi connectivity index (χ3v) is 5.25. The largest absolute Gasteiger partial charge is 0.472 e. The predicted molar refractivity (Wildman–Crippen MR) is 104 cm³/mol. The van der Waals surface area contributed by atoms with Crippen molar-refractivity contribution < 1.29 is 9.21 Å². The number of amides is 1. The standard InChI is InChI=1S/C22H25N3O2/c1-22(2,3)16-7-9-17(10-8-16)25-20-6-4-5-19(18(20)13-23-25)24-21(26)15-11-12-27-14-15/h7-14,19H,4-6H2,1-3H3,(H,24,26). The van der Waals surface area contributed by atoms with Gasteiger partial charge in [0.1, 0.15) is 6.26 Å². The first-order chi connectivity index (χ1) is 12.9. The highest BCUT2D eigenvalue weighted by Gasteiger charge is 2.26. The van der Waals surface area contributed by atoms with Gasteiger partial charge in [0.2, 0.25) is 0 Å². The van der Waals surface area contributed by atoms with Crippen LogP contribution in [0.4, 0.5) is 0 Å². The molecule has 0 saturated carbocycles. The van der Waals surface area contributed by atoms with Crippen molar-refractivity contribution in [2.24, 2.45) is 0 Å². The van der Waals surface area contributed by atoms with Crippen LogP contribution in [-0.4, -0.2) is 15.7 Å². The van der Waals surface area contributed by atoms with Crippen LogP contribution >= 0.6 is 0 Å². The zero-order valence-corrected chi connectivity index (χ0v) is 16.0. The maximum absolute atomic E-state index is 12.4. The molecule has 2 aromatic heterocycles. The third-order valence-electron chi connectivity index (χ3n) is 5.25. The highest BCUT2D eigenvalue weighted by molar-refractivity contribution is 5.94. The summed E-state index contributed by atoms with van der Waals surface area (Å²) in [5.41, 5.74) is 5.33. The zero-order chi connectivity index (χ0) is 19.0. The van der Waals surface area contributed by atoms with Gasteiger partial charge in [0, 0.05) is 11.3 Å². The molecule has 1 atom stereocenters. The number of aromatic nitrogens is 2. The summed E-state index contributed by atoms with van der Waals surface area (Å²) in [4.78, 5) is 12.4. The molecule has 1 aliphatic carbocycles. The van der Waals surface area contributed by atoms with E-state index in [0.29, 0.717) is 5.56 Å². The van der Waals surface area contributed by atoms with Gasteiger partial charge < -0.3 is 9.73 Å². The van der Waals surface area contributed by atoms with Crippen LogP contribution in [-0.2, 0) is 11.8 Å². The number of nitrogens with zero attached hydrogens (tertiary/aromatic N) is 2. The molecule has 1 N–H and O–H groups in total. The molecule has 0 saturated heterocycles. The van der Waals surface area contributed by atoms with Crippen molar-refractivity contribution in [3.8, 4) is 5.69 Å². The Labute approximate surface area is 159 Å². The minimum absolute atomic E-state index is 0.0150. The van der Waals surface area contributed by atoms with Gasteiger partial charge in [0.15, 0.2) is 0 Å². The smallest absolute Gasteiger partial charge is 0.255 e. The molecule has 0 radical (unpaired) electrons. The molecule has 1 unspecified atom stereocenters. The fourth-order valence-corrected chi connectivity index (χ4v) is 3.67. The van der Waals surface area contributed by atoms with Crippen molar-refractivity contribution in [2.45, 2.75) is 51.5 Å².